The zero-order chi connectivity index (χ0) is 18.1. The van der Waals surface area contributed by atoms with Gasteiger partial charge < -0.3 is 20.9 Å². The van der Waals surface area contributed by atoms with Crippen molar-refractivity contribution >= 4 is 22.8 Å². The molecule has 0 amide bonds. The maximum Gasteiger partial charge on any atom is 0.416 e. The van der Waals surface area contributed by atoms with Gasteiger partial charge >= 0.3 is 18.1 Å². The van der Waals surface area contributed by atoms with E-state index in [1.807, 2.05) is 0 Å². The van der Waals surface area contributed by atoms with Crippen molar-refractivity contribution in [1.29, 1.82) is 0 Å². The Balaban J connectivity index is 0.000000301. The zero-order valence-electron chi connectivity index (χ0n) is 12.4. The number of carboxylic acids is 2. The second-order valence-electron chi connectivity index (χ2n) is 5.45. The van der Waals surface area contributed by atoms with E-state index in [0.717, 1.165) is 35.7 Å². The third-order valence-electron chi connectivity index (χ3n) is 3.74. The van der Waals surface area contributed by atoms with Gasteiger partial charge in [-0.05, 0) is 43.0 Å². The number of hydrogen-bond donors (Lipinski definition) is 4. The predicted octanol–water partition coefficient (Wildman–Crippen LogP) is 2.16. The molecule has 1 aliphatic carbocycles. The topological polar surface area (TPSA) is 116 Å². The lowest BCUT2D eigenvalue weighted by molar-refractivity contribution is -0.159. The Morgan fingerprint density at radius 2 is 1.83 bits per heavy atom. The number of aliphatic carboxylic acids is 2. The number of carbonyl (C=O) groups is 2. The third kappa shape index (κ3) is 3.85. The summed E-state index contributed by atoms with van der Waals surface area (Å²) in [5, 5.41) is 15.4. The Labute approximate surface area is 134 Å². The van der Waals surface area contributed by atoms with Crippen LogP contribution in [0.1, 0.15) is 23.2 Å². The molecule has 3 rings (SSSR count). The lowest BCUT2D eigenvalue weighted by Gasteiger charge is -2.18. The summed E-state index contributed by atoms with van der Waals surface area (Å²) in [6, 6.07) is 3.89. The predicted molar refractivity (Wildman–Crippen MR) is 78.6 cm³/mol. The molecule has 9 heteroatoms. The number of aromatic amines is 1. The van der Waals surface area contributed by atoms with E-state index in [1.165, 1.54) is 12.1 Å². The van der Waals surface area contributed by atoms with Gasteiger partial charge in [-0.15, -0.1) is 0 Å². The quantitative estimate of drug-likeness (QED) is 0.547. The van der Waals surface area contributed by atoms with Crippen LogP contribution < -0.4 is 5.73 Å². The maximum atomic E-state index is 12.7. The Bertz CT molecular complexity index is 771. The second kappa shape index (κ2) is 6.52. The monoisotopic (exact) mass is 344 g/mol. The summed E-state index contributed by atoms with van der Waals surface area (Å²) in [7, 11) is 0. The molecule has 130 valence electrons. The number of rotatable bonds is 0. The number of hydrogen-bond acceptors (Lipinski definition) is 3. The highest BCUT2D eigenvalue weighted by atomic mass is 19.4. The van der Waals surface area contributed by atoms with Crippen molar-refractivity contribution in [2.24, 2.45) is 5.73 Å². The summed E-state index contributed by atoms with van der Waals surface area (Å²) in [6.45, 7) is 0. The van der Waals surface area contributed by atoms with Gasteiger partial charge in [0.15, 0.2) is 0 Å². The number of alkyl halides is 3. The zero-order valence-corrected chi connectivity index (χ0v) is 12.4. The van der Waals surface area contributed by atoms with E-state index in [4.69, 9.17) is 25.5 Å². The molecule has 0 spiro atoms. The Kier molecular flexibility index (Phi) is 4.83. The van der Waals surface area contributed by atoms with Crippen LogP contribution in [0, 0.1) is 0 Å². The van der Waals surface area contributed by atoms with Crippen molar-refractivity contribution in [3.8, 4) is 0 Å². The first kappa shape index (κ1) is 17.8. The van der Waals surface area contributed by atoms with Crippen LogP contribution >= 0.6 is 0 Å². The number of carboxylic acid groups (broad SMARTS) is 2. The molecule has 1 atom stereocenters. The van der Waals surface area contributed by atoms with Gasteiger partial charge in [-0.3, -0.25) is 0 Å². The Hall–Kier alpha value is -2.55. The molecule has 0 aliphatic heterocycles. The summed E-state index contributed by atoms with van der Waals surface area (Å²) in [5.41, 5.74) is 8.04. The van der Waals surface area contributed by atoms with E-state index in [9.17, 15) is 13.2 Å². The van der Waals surface area contributed by atoms with Crippen LogP contribution in [0.4, 0.5) is 13.2 Å². The second-order valence-corrected chi connectivity index (χ2v) is 5.45. The molecular formula is C15H15F3N2O4. The third-order valence-corrected chi connectivity index (χ3v) is 3.74. The van der Waals surface area contributed by atoms with E-state index < -0.39 is 23.7 Å². The molecule has 1 aromatic carbocycles. The molecule has 6 nitrogen and oxygen atoms in total. The van der Waals surface area contributed by atoms with E-state index in [0.29, 0.717) is 11.8 Å². The Morgan fingerprint density at radius 1 is 1.21 bits per heavy atom. The average Bonchev–Trinajstić information content (AvgIpc) is 2.84. The highest BCUT2D eigenvalue weighted by Crippen LogP contribution is 2.34. The van der Waals surface area contributed by atoms with Crippen molar-refractivity contribution < 1.29 is 33.0 Å². The molecule has 0 fully saturated rings. The van der Waals surface area contributed by atoms with Crippen molar-refractivity contribution in [1.82, 2.24) is 4.98 Å². The van der Waals surface area contributed by atoms with Crippen molar-refractivity contribution in [3.63, 3.8) is 0 Å². The summed E-state index contributed by atoms with van der Waals surface area (Å²) >= 11 is 0. The fourth-order valence-electron chi connectivity index (χ4n) is 2.62. The van der Waals surface area contributed by atoms with Crippen LogP contribution in [0.25, 0.3) is 10.9 Å². The first-order valence-electron chi connectivity index (χ1n) is 7.02. The maximum absolute atomic E-state index is 12.7. The van der Waals surface area contributed by atoms with Gasteiger partial charge in [0.05, 0.1) is 5.56 Å². The minimum atomic E-state index is -4.30. The molecule has 0 bridgehead atoms. The fourth-order valence-corrected chi connectivity index (χ4v) is 2.62. The van der Waals surface area contributed by atoms with Gasteiger partial charge in [0, 0.05) is 22.6 Å². The van der Waals surface area contributed by atoms with Crippen LogP contribution in [-0.2, 0) is 28.6 Å². The molecule has 1 unspecified atom stereocenters. The summed E-state index contributed by atoms with van der Waals surface area (Å²) in [6.07, 6.45) is -1.95. The van der Waals surface area contributed by atoms with Crippen LogP contribution in [-0.4, -0.2) is 33.2 Å². The van der Waals surface area contributed by atoms with E-state index in [2.05, 4.69) is 4.98 Å². The number of halogens is 3. The first-order chi connectivity index (χ1) is 11.1. The van der Waals surface area contributed by atoms with Crippen LogP contribution in [0.15, 0.2) is 18.2 Å². The SMILES string of the molecule is NC1CCc2[nH]c3ccc(C(F)(F)F)cc3c2C1.O=C(O)C(=O)O. The highest BCUT2D eigenvalue weighted by Gasteiger charge is 2.31. The van der Waals surface area contributed by atoms with Crippen molar-refractivity contribution in [2.75, 3.05) is 0 Å². The fraction of sp³-hybridized carbons (Fsp3) is 0.333. The normalized spacial score (nSPS) is 16.9. The number of nitrogens with one attached hydrogen (secondary N) is 1. The molecule has 1 heterocycles. The number of H-pyrrole nitrogens is 1. The highest BCUT2D eigenvalue weighted by molar-refractivity contribution is 6.27. The van der Waals surface area contributed by atoms with Gasteiger partial charge in [-0.1, -0.05) is 0 Å². The number of fused-ring (bicyclic) bond motifs is 3. The van der Waals surface area contributed by atoms with Crippen LogP contribution in [0.5, 0.6) is 0 Å². The van der Waals surface area contributed by atoms with Crippen LogP contribution in [0.3, 0.4) is 0 Å². The van der Waals surface area contributed by atoms with E-state index in [1.54, 1.807) is 0 Å². The summed E-state index contributed by atoms with van der Waals surface area (Å²) < 4.78 is 38.1. The van der Waals surface area contributed by atoms with Gasteiger partial charge in [-0.2, -0.15) is 13.2 Å². The number of nitrogens with two attached hydrogens (primary N) is 1. The van der Waals surface area contributed by atoms with Crippen molar-refractivity contribution in [3.05, 3.63) is 35.0 Å². The molecule has 0 saturated heterocycles. The molecule has 2 aromatic rings. The van der Waals surface area contributed by atoms with Gasteiger partial charge in [0.1, 0.15) is 0 Å². The molecule has 5 N–H and O–H groups in total. The van der Waals surface area contributed by atoms with Gasteiger partial charge in [0.2, 0.25) is 0 Å². The number of benzene rings is 1. The molecule has 1 aliphatic rings. The van der Waals surface area contributed by atoms with Crippen molar-refractivity contribution in [2.45, 2.75) is 31.5 Å². The van der Waals surface area contributed by atoms with Gasteiger partial charge in [-0.25, -0.2) is 9.59 Å². The lowest BCUT2D eigenvalue weighted by atomic mass is 9.92. The molecular weight excluding hydrogens is 329 g/mol. The first-order valence-corrected chi connectivity index (χ1v) is 7.02. The van der Waals surface area contributed by atoms with Crippen LogP contribution in [0.2, 0.25) is 0 Å². The standard InChI is InChI=1S/C13H13F3N2.C2H2O4/c14-13(15,16)7-1-3-11-9(5-7)10-6-8(17)2-4-12(10)18-11;3-1(4)2(5)6/h1,3,5,8,18H,2,4,6,17H2;(H,3,4)(H,5,6). The molecule has 1 aromatic heterocycles. The smallest absolute Gasteiger partial charge is 0.416 e. The number of aryl methyl sites for hydroxylation is 1. The Morgan fingerprint density at radius 3 is 2.38 bits per heavy atom. The number of aromatic nitrogens is 1. The van der Waals surface area contributed by atoms with Gasteiger partial charge in [0.25, 0.3) is 0 Å². The molecule has 0 radical (unpaired) electrons. The largest absolute Gasteiger partial charge is 0.473 e. The van der Waals surface area contributed by atoms with E-state index >= 15 is 0 Å². The molecule has 0 saturated carbocycles. The minimum absolute atomic E-state index is 0.0473. The summed E-state index contributed by atoms with van der Waals surface area (Å²) in [5.74, 6) is -3.65. The minimum Gasteiger partial charge on any atom is -0.473 e. The molecule has 24 heavy (non-hydrogen) atoms. The average molecular weight is 344 g/mol. The summed E-state index contributed by atoms with van der Waals surface area (Å²) in [4.78, 5) is 21.4. The lowest BCUT2D eigenvalue weighted by Crippen LogP contribution is -2.27. The van der Waals surface area contributed by atoms with E-state index in [-0.39, 0.29) is 6.04 Å².